The summed E-state index contributed by atoms with van der Waals surface area (Å²) in [5, 5.41) is 1.000. The topological polar surface area (TPSA) is 57.7 Å². The number of carbonyl (C=O) groups is 1. The molecule has 0 N–H and O–H groups in total. The number of thiazole rings is 1. The maximum Gasteiger partial charge on any atom is 0.315 e. The van der Waals surface area contributed by atoms with E-state index in [4.69, 9.17) is 19.2 Å². The fourth-order valence-corrected chi connectivity index (χ4v) is 4.68. The van der Waals surface area contributed by atoms with Gasteiger partial charge in [-0.15, -0.1) is 11.3 Å². The van der Waals surface area contributed by atoms with Crippen molar-refractivity contribution in [1.29, 1.82) is 0 Å². The van der Waals surface area contributed by atoms with Gasteiger partial charge in [0.05, 0.1) is 12.3 Å². The summed E-state index contributed by atoms with van der Waals surface area (Å²) in [5.74, 6) is -0.346. The van der Waals surface area contributed by atoms with Crippen LogP contribution in [0.2, 0.25) is 0 Å². The number of rotatable bonds is 4. The Hall–Kier alpha value is -0.980. The van der Waals surface area contributed by atoms with Gasteiger partial charge in [-0.05, 0) is 26.2 Å². The van der Waals surface area contributed by atoms with Crippen LogP contribution < -0.4 is 0 Å². The van der Waals surface area contributed by atoms with Crippen LogP contribution >= 0.6 is 11.3 Å². The number of aromatic nitrogens is 1. The molecule has 2 heterocycles. The van der Waals surface area contributed by atoms with E-state index >= 15 is 0 Å². The first-order chi connectivity index (χ1) is 10.7. The van der Waals surface area contributed by atoms with Gasteiger partial charge in [0.15, 0.2) is 0 Å². The van der Waals surface area contributed by atoms with E-state index < -0.39 is 0 Å². The number of hydrogen-bond donors (Lipinski definition) is 0. The molecule has 122 valence electrons. The van der Waals surface area contributed by atoms with Crippen molar-refractivity contribution in [2.45, 2.75) is 50.5 Å². The summed E-state index contributed by atoms with van der Waals surface area (Å²) in [6.45, 7) is 3.65. The van der Waals surface area contributed by atoms with Crippen molar-refractivity contribution in [2.24, 2.45) is 0 Å². The number of fused-ring (bicyclic) bond motifs is 1. The molecular weight excluding hydrogens is 302 g/mol. The minimum atomic E-state index is -0.348. The monoisotopic (exact) mass is 325 g/mol. The summed E-state index contributed by atoms with van der Waals surface area (Å²) in [6, 6.07) is 0. The van der Waals surface area contributed by atoms with E-state index in [1.165, 1.54) is 4.88 Å². The van der Waals surface area contributed by atoms with Gasteiger partial charge in [-0.3, -0.25) is 4.79 Å². The first-order valence-corrected chi connectivity index (χ1v) is 8.81. The van der Waals surface area contributed by atoms with Crippen molar-refractivity contribution in [1.82, 2.24) is 4.98 Å². The Morgan fingerprint density at radius 3 is 2.91 bits per heavy atom. The highest BCUT2D eigenvalue weighted by Gasteiger charge is 2.40. The smallest absolute Gasteiger partial charge is 0.315 e. The predicted molar refractivity (Wildman–Crippen MR) is 83.2 cm³/mol. The molecule has 0 aromatic carbocycles. The second kappa shape index (κ2) is 6.64. The normalized spacial score (nSPS) is 23.8. The van der Waals surface area contributed by atoms with Gasteiger partial charge in [0, 0.05) is 38.0 Å². The van der Waals surface area contributed by atoms with E-state index in [-0.39, 0.29) is 17.5 Å². The maximum absolute atomic E-state index is 12.2. The zero-order chi connectivity index (χ0) is 15.6. The van der Waals surface area contributed by atoms with Gasteiger partial charge in [0.25, 0.3) is 0 Å². The van der Waals surface area contributed by atoms with Crippen LogP contribution in [0.3, 0.4) is 0 Å². The highest BCUT2D eigenvalue weighted by Crippen LogP contribution is 2.43. The Bertz CT molecular complexity index is 536. The Kier molecular flexibility index (Phi) is 4.80. The number of esters is 1. The van der Waals surface area contributed by atoms with Crippen LogP contribution in [0.4, 0.5) is 0 Å². The molecule has 1 aliphatic carbocycles. The third-order valence-electron chi connectivity index (χ3n) is 4.61. The van der Waals surface area contributed by atoms with E-state index in [0.29, 0.717) is 19.8 Å². The van der Waals surface area contributed by atoms with E-state index in [0.717, 1.165) is 42.8 Å². The van der Waals surface area contributed by atoms with Gasteiger partial charge in [0.2, 0.25) is 0 Å². The lowest BCUT2D eigenvalue weighted by molar-refractivity contribution is -0.145. The van der Waals surface area contributed by atoms with Crippen LogP contribution in [0.5, 0.6) is 0 Å². The molecule has 1 fully saturated rings. The molecule has 1 atom stereocenters. The molecule has 0 saturated carbocycles. The van der Waals surface area contributed by atoms with Gasteiger partial charge in [-0.1, -0.05) is 0 Å². The Labute approximate surface area is 135 Å². The first kappa shape index (κ1) is 15.9. The summed E-state index contributed by atoms with van der Waals surface area (Å²) < 4.78 is 16.5. The van der Waals surface area contributed by atoms with Crippen molar-refractivity contribution < 1.29 is 19.0 Å². The Morgan fingerprint density at radius 2 is 2.23 bits per heavy atom. The lowest BCUT2D eigenvalue weighted by Crippen LogP contribution is -2.35. The second-order valence-corrected chi connectivity index (χ2v) is 6.92. The quantitative estimate of drug-likeness (QED) is 0.797. The molecule has 1 aliphatic heterocycles. The molecule has 0 spiro atoms. The minimum Gasteiger partial charge on any atom is -0.465 e. The largest absolute Gasteiger partial charge is 0.465 e. The van der Waals surface area contributed by atoms with Gasteiger partial charge in [0.1, 0.15) is 16.5 Å². The molecular formula is C16H23NO4S. The highest BCUT2D eigenvalue weighted by atomic mass is 32.1. The van der Waals surface area contributed by atoms with Crippen LogP contribution in [0.15, 0.2) is 0 Å². The summed E-state index contributed by atoms with van der Waals surface area (Å²) in [6.07, 6.45) is 4.48. The molecule has 5 nitrogen and oxygen atoms in total. The van der Waals surface area contributed by atoms with Crippen molar-refractivity contribution in [2.75, 3.05) is 26.9 Å². The molecule has 22 heavy (non-hydrogen) atoms. The number of methoxy groups -OCH3 is 1. The summed E-state index contributed by atoms with van der Waals surface area (Å²) in [7, 11) is 1.74. The molecule has 1 saturated heterocycles. The summed E-state index contributed by atoms with van der Waals surface area (Å²) in [4.78, 5) is 18.3. The molecule has 1 aromatic heterocycles. The third kappa shape index (κ3) is 2.79. The van der Waals surface area contributed by atoms with Crippen molar-refractivity contribution >= 4 is 17.3 Å². The number of ether oxygens (including phenoxy) is 3. The van der Waals surface area contributed by atoms with Crippen LogP contribution in [0.1, 0.15) is 54.1 Å². The lowest BCUT2D eigenvalue weighted by Gasteiger charge is -2.33. The van der Waals surface area contributed by atoms with E-state index in [2.05, 4.69) is 0 Å². The highest BCUT2D eigenvalue weighted by molar-refractivity contribution is 7.11. The molecule has 6 heteroatoms. The van der Waals surface area contributed by atoms with Gasteiger partial charge < -0.3 is 14.2 Å². The maximum atomic E-state index is 12.2. The van der Waals surface area contributed by atoms with Gasteiger partial charge in [-0.25, -0.2) is 4.98 Å². The Morgan fingerprint density at radius 1 is 1.45 bits per heavy atom. The zero-order valence-electron chi connectivity index (χ0n) is 13.2. The Balaban J connectivity index is 1.91. The van der Waals surface area contributed by atoms with E-state index in [9.17, 15) is 4.79 Å². The molecule has 0 radical (unpaired) electrons. The van der Waals surface area contributed by atoms with Crippen molar-refractivity contribution in [3.63, 3.8) is 0 Å². The molecule has 1 aromatic rings. The van der Waals surface area contributed by atoms with Crippen molar-refractivity contribution in [3.05, 3.63) is 15.6 Å². The van der Waals surface area contributed by atoms with E-state index in [1.54, 1.807) is 18.4 Å². The molecule has 2 aliphatic rings. The second-order valence-electron chi connectivity index (χ2n) is 5.84. The number of nitrogens with zero attached hydrogens (tertiary/aromatic N) is 1. The standard InChI is InChI=1S/C16H23NO4S/c1-3-21-14(18)11-5-4-6-12-13(11)17-15(22-12)16(19-2)7-9-20-10-8-16/h11H,3-10H2,1-2H3. The minimum absolute atomic E-state index is 0.140. The number of carbonyl (C=O) groups excluding carboxylic acids is 1. The molecule has 0 amide bonds. The fourth-order valence-electron chi connectivity index (χ4n) is 3.29. The average molecular weight is 325 g/mol. The van der Waals surface area contributed by atoms with Crippen LogP contribution in [-0.4, -0.2) is 37.9 Å². The predicted octanol–water partition coefficient (Wildman–Crippen LogP) is 2.78. The molecule has 1 unspecified atom stereocenters. The number of hydrogen-bond acceptors (Lipinski definition) is 6. The van der Waals surface area contributed by atoms with E-state index in [1.807, 2.05) is 6.92 Å². The SMILES string of the molecule is CCOC(=O)C1CCCc2sc(C3(OC)CCOCC3)nc21. The average Bonchev–Trinajstić information content (AvgIpc) is 3.00. The third-order valence-corrected chi connectivity index (χ3v) is 5.92. The summed E-state index contributed by atoms with van der Waals surface area (Å²) in [5.41, 5.74) is 0.576. The first-order valence-electron chi connectivity index (χ1n) is 8.00. The van der Waals surface area contributed by atoms with Crippen LogP contribution in [0.25, 0.3) is 0 Å². The summed E-state index contributed by atoms with van der Waals surface area (Å²) >= 11 is 1.71. The van der Waals surface area contributed by atoms with Crippen LogP contribution in [0, 0.1) is 0 Å². The number of aryl methyl sites for hydroxylation is 1. The molecule has 3 rings (SSSR count). The van der Waals surface area contributed by atoms with Gasteiger partial charge >= 0.3 is 5.97 Å². The fraction of sp³-hybridized carbons (Fsp3) is 0.750. The van der Waals surface area contributed by atoms with Crippen molar-refractivity contribution in [3.8, 4) is 0 Å². The van der Waals surface area contributed by atoms with Gasteiger partial charge in [-0.2, -0.15) is 0 Å². The molecule has 0 bridgehead atoms. The zero-order valence-corrected chi connectivity index (χ0v) is 14.0. The van der Waals surface area contributed by atoms with Crippen LogP contribution in [-0.2, 0) is 31.0 Å². The lowest BCUT2D eigenvalue weighted by atomic mass is 9.90.